The number of esters is 1. The maximum atomic E-state index is 13.1. The molecule has 0 saturated carbocycles. The van der Waals surface area contributed by atoms with Crippen LogP contribution in [-0.2, 0) is 19.1 Å². The first kappa shape index (κ1) is 23.1. The van der Waals surface area contributed by atoms with Gasteiger partial charge in [-0.05, 0) is 50.6 Å². The summed E-state index contributed by atoms with van der Waals surface area (Å²) in [6.45, 7) is 6.29. The monoisotopic (exact) mass is 462 g/mol. The minimum absolute atomic E-state index is 0.259. The van der Waals surface area contributed by atoms with Gasteiger partial charge in [0.05, 0.1) is 40.6 Å². The van der Waals surface area contributed by atoms with E-state index >= 15 is 0 Å². The van der Waals surface area contributed by atoms with Gasteiger partial charge in [-0.2, -0.15) is 0 Å². The minimum Gasteiger partial charge on any atom is -0.465 e. The van der Waals surface area contributed by atoms with Crippen molar-refractivity contribution < 1.29 is 19.1 Å². The van der Waals surface area contributed by atoms with Gasteiger partial charge in [0.25, 0.3) is 5.91 Å². The molecule has 6 nitrogen and oxygen atoms in total. The second kappa shape index (κ2) is 9.30. The van der Waals surface area contributed by atoms with E-state index < -0.39 is 5.97 Å². The van der Waals surface area contributed by atoms with Crippen molar-refractivity contribution in [3.8, 4) is 5.69 Å². The molecule has 164 valence electrons. The largest absolute Gasteiger partial charge is 0.465 e. The third kappa shape index (κ3) is 4.15. The van der Waals surface area contributed by atoms with E-state index in [-0.39, 0.29) is 17.1 Å². The quantitative estimate of drug-likeness (QED) is 0.460. The van der Waals surface area contributed by atoms with Gasteiger partial charge in [-0.15, -0.1) is 0 Å². The Labute approximate surface area is 191 Å². The molecule has 31 heavy (non-hydrogen) atoms. The van der Waals surface area contributed by atoms with Gasteiger partial charge in [-0.1, -0.05) is 29.3 Å². The summed E-state index contributed by atoms with van der Waals surface area (Å²) >= 11 is 12.6. The molecule has 0 unspecified atom stereocenters. The van der Waals surface area contributed by atoms with Gasteiger partial charge < -0.3 is 18.9 Å². The molecule has 0 saturated heterocycles. The van der Waals surface area contributed by atoms with Crippen molar-refractivity contribution in [2.75, 3.05) is 27.4 Å². The van der Waals surface area contributed by atoms with E-state index in [4.69, 9.17) is 32.7 Å². The Morgan fingerprint density at radius 3 is 2.52 bits per heavy atom. The highest BCUT2D eigenvalue weighted by Gasteiger charge is 2.37. The molecule has 0 fully saturated rings. The Morgan fingerprint density at radius 2 is 1.87 bits per heavy atom. The van der Waals surface area contributed by atoms with Crippen molar-refractivity contribution in [1.82, 2.24) is 9.47 Å². The number of ether oxygens (including phenoxy) is 2. The Bertz CT molecular complexity index is 1120. The number of carbonyl (C=O) groups is 2. The maximum absolute atomic E-state index is 13.1. The summed E-state index contributed by atoms with van der Waals surface area (Å²) in [5.41, 5.74) is 4.40. The van der Waals surface area contributed by atoms with Crippen molar-refractivity contribution in [3.05, 3.63) is 68.1 Å². The van der Waals surface area contributed by atoms with E-state index in [1.807, 2.05) is 36.6 Å². The van der Waals surface area contributed by atoms with Crippen LogP contribution in [-0.4, -0.2) is 48.7 Å². The van der Waals surface area contributed by atoms with Crippen LogP contribution in [0.25, 0.3) is 11.8 Å². The molecule has 0 bridgehead atoms. The zero-order valence-corrected chi connectivity index (χ0v) is 19.6. The summed E-state index contributed by atoms with van der Waals surface area (Å²) in [5, 5.41) is 0.900. The van der Waals surface area contributed by atoms with Crippen molar-refractivity contribution in [2.24, 2.45) is 0 Å². The number of hydrogen-bond donors (Lipinski definition) is 0. The maximum Gasteiger partial charge on any atom is 0.340 e. The van der Waals surface area contributed by atoms with Gasteiger partial charge in [0.1, 0.15) is 0 Å². The Hall–Kier alpha value is -2.54. The number of amides is 1. The van der Waals surface area contributed by atoms with E-state index in [0.29, 0.717) is 28.9 Å². The molecule has 0 N–H and O–H groups in total. The van der Waals surface area contributed by atoms with Gasteiger partial charge in [-0.25, -0.2) is 4.79 Å². The molecule has 0 aliphatic carbocycles. The number of rotatable bonds is 6. The summed E-state index contributed by atoms with van der Waals surface area (Å²) in [6.07, 6.45) is 1.72. The zero-order valence-electron chi connectivity index (χ0n) is 18.1. The molecule has 8 heteroatoms. The summed E-state index contributed by atoms with van der Waals surface area (Å²) in [7, 11) is 2.86. The number of hydrogen-bond acceptors (Lipinski definition) is 4. The summed E-state index contributed by atoms with van der Waals surface area (Å²) in [4.78, 5) is 27.2. The number of nitrogens with zero attached hydrogens (tertiary/aromatic N) is 2. The molecule has 0 radical (unpaired) electrons. The minimum atomic E-state index is -0.552. The molecule has 1 aliphatic heterocycles. The SMILES string of the molecule is COCCN1C(=O)C(=Cc2cc(C)n(-c3cccc(Cl)c3Cl)c2C)C(C(=O)OC)=C1C. The highest BCUT2D eigenvalue weighted by Crippen LogP contribution is 2.35. The van der Waals surface area contributed by atoms with Gasteiger partial charge in [0.2, 0.25) is 0 Å². The molecule has 0 spiro atoms. The lowest BCUT2D eigenvalue weighted by Gasteiger charge is -2.16. The van der Waals surface area contributed by atoms with E-state index in [1.54, 1.807) is 26.2 Å². The highest BCUT2D eigenvalue weighted by atomic mass is 35.5. The molecule has 1 aromatic heterocycles. The van der Waals surface area contributed by atoms with Crippen LogP contribution in [0.3, 0.4) is 0 Å². The van der Waals surface area contributed by atoms with Crippen LogP contribution in [0.15, 0.2) is 41.1 Å². The van der Waals surface area contributed by atoms with Crippen molar-refractivity contribution >= 4 is 41.2 Å². The molecule has 3 rings (SSSR count). The molecule has 2 heterocycles. The fraction of sp³-hybridized carbons (Fsp3) is 0.304. The van der Waals surface area contributed by atoms with Gasteiger partial charge >= 0.3 is 5.97 Å². The van der Waals surface area contributed by atoms with Crippen LogP contribution >= 0.6 is 23.2 Å². The lowest BCUT2D eigenvalue weighted by molar-refractivity contribution is -0.136. The molecule has 1 aromatic carbocycles. The van der Waals surface area contributed by atoms with Crippen LogP contribution in [0.5, 0.6) is 0 Å². The fourth-order valence-electron chi connectivity index (χ4n) is 3.81. The van der Waals surface area contributed by atoms with Crippen LogP contribution in [0.4, 0.5) is 0 Å². The highest BCUT2D eigenvalue weighted by molar-refractivity contribution is 6.43. The third-order valence-electron chi connectivity index (χ3n) is 5.36. The van der Waals surface area contributed by atoms with Crippen LogP contribution in [0.2, 0.25) is 10.0 Å². The number of carbonyl (C=O) groups excluding carboxylic acids is 2. The van der Waals surface area contributed by atoms with Crippen molar-refractivity contribution in [3.63, 3.8) is 0 Å². The average Bonchev–Trinajstić information content (AvgIpc) is 3.14. The number of methoxy groups -OCH3 is 2. The zero-order chi connectivity index (χ0) is 22.9. The number of aromatic nitrogens is 1. The molecule has 1 amide bonds. The first-order valence-electron chi connectivity index (χ1n) is 9.68. The summed E-state index contributed by atoms with van der Waals surface area (Å²) in [6, 6.07) is 7.37. The number of aryl methyl sites for hydroxylation is 1. The van der Waals surface area contributed by atoms with Gasteiger partial charge in [0.15, 0.2) is 0 Å². The van der Waals surface area contributed by atoms with Crippen molar-refractivity contribution in [2.45, 2.75) is 20.8 Å². The van der Waals surface area contributed by atoms with E-state index in [9.17, 15) is 9.59 Å². The second-order valence-electron chi connectivity index (χ2n) is 7.19. The van der Waals surface area contributed by atoms with Crippen LogP contribution in [0, 0.1) is 13.8 Å². The molecule has 1 aliphatic rings. The number of benzene rings is 1. The second-order valence-corrected chi connectivity index (χ2v) is 7.98. The normalized spacial score (nSPS) is 15.4. The van der Waals surface area contributed by atoms with Gasteiger partial charge in [0, 0.05) is 30.7 Å². The first-order chi connectivity index (χ1) is 14.7. The van der Waals surface area contributed by atoms with Crippen LogP contribution < -0.4 is 0 Å². The van der Waals surface area contributed by atoms with Gasteiger partial charge in [-0.3, -0.25) is 4.79 Å². The standard InChI is InChI=1S/C23H24Cl2N2O4/c1-13-11-16(14(2)27(13)19-8-6-7-18(24)21(19)25)12-17-20(23(29)31-5)15(3)26(22(17)28)9-10-30-4/h6-8,11-12H,9-10H2,1-5H3. The third-order valence-corrected chi connectivity index (χ3v) is 6.17. The van der Waals surface area contributed by atoms with E-state index in [0.717, 1.165) is 22.6 Å². The summed E-state index contributed by atoms with van der Waals surface area (Å²) in [5.74, 6) is -0.816. The molecule has 2 aromatic rings. The predicted molar refractivity (Wildman–Crippen MR) is 122 cm³/mol. The lowest BCUT2D eigenvalue weighted by atomic mass is 10.0. The topological polar surface area (TPSA) is 60.8 Å². The Balaban J connectivity index is 2.13. The van der Waals surface area contributed by atoms with E-state index in [1.165, 1.54) is 12.0 Å². The number of halogens is 2. The Morgan fingerprint density at radius 1 is 1.16 bits per heavy atom. The van der Waals surface area contributed by atoms with Crippen molar-refractivity contribution in [1.29, 1.82) is 0 Å². The predicted octanol–water partition coefficient (Wildman–Crippen LogP) is 4.72. The Kier molecular flexibility index (Phi) is 6.94. The lowest BCUT2D eigenvalue weighted by Crippen LogP contribution is -2.28. The fourth-order valence-corrected chi connectivity index (χ4v) is 4.19. The number of allylic oxidation sites excluding steroid dienone is 1. The molecular formula is C23H24Cl2N2O4. The smallest absolute Gasteiger partial charge is 0.340 e. The molecule has 0 atom stereocenters. The average molecular weight is 463 g/mol. The van der Waals surface area contributed by atoms with E-state index in [2.05, 4.69) is 0 Å². The van der Waals surface area contributed by atoms with Crippen LogP contribution in [0.1, 0.15) is 23.9 Å². The molecular weight excluding hydrogens is 439 g/mol. The summed E-state index contributed by atoms with van der Waals surface area (Å²) < 4.78 is 12.0. The first-order valence-corrected chi connectivity index (χ1v) is 10.4.